The van der Waals surface area contributed by atoms with E-state index < -0.39 is 15.9 Å². The van der Waals surface area contributed by atoms with Gasteiger partial charge in [0, 0.05) is 11.8 Å². The average Bonchev–Trinajstić information content (AvgIpc) is 3.00. The van der Waals surface area contributed by atoms with Crippen LogP contribution >= 0.6 is 11.3 Å². The number of nitrogens with one attached hydrogen (secondary N) is 2. The molecule has 2 aromatic rings. The van der Waals surface area contributed by atoms with E-state index in [-0.39, 0.29) is 10.8 Å². The summed E-state index contributed by atoms with van der Waals surface area (Å²) in [5, 5.41) is 4.25. The summed E-state index contributed by atoms with van der Waals surface area (Å²) in [5.41, 5.74) is 0.537. The van der Waals surface area contributed by atoms with Crippen molar-refractivity contribution in [2.75, 3.05) is 19.0 Å². The molecule has 6 nitrogen and oxygen atoms in total. The summed E-state index contributed by atoms with van der Waals surface area (Å²) < 4.78 is 31.2. The van der Waals surface area contributed by atoms with Gasteiger partial charge in [-0.2, -0.15) is 0 Å². The van der Waals surface area contributed by atoms with Gasteiger partial charge in [0.15, 0.2) is 0 Å². The minimum Gasteiger partial charge on any atom is -0.497 e. The fourth-order valence-corrected chi connectivity index (χ4v) is 3.57. The predicted octanol–water partition coefficient (Wildman–Crippen LogP) is 1.67. The van der Waals surface area contributed by atoms with E-state index in [1.807, 2.05) is 0 Å². The molecular weight excluding hydrogens is 312 g/mol. The molecule has 0 aliphatic carbocycles. The smallest absolute Gasteiger partial charge is 0.250 e. The van der Waals surface area contributed by atoms with Crippen LogP contribution in [-0.4, -0.2) is 28.0 Å². The molecule has 0 saturated carbocycles. The topological polar surface area (TPSA) is 84.5 Å². The lowest BCUT2D eigenvalue weighted by atomic mass is 10.3. The Balaban J connectivity index is 1.93. The standard InChI is InChI=1S/C13H14N2O4S2/c1-19-11-5-2-4-10(8-11)15-12(16)9-14-21(17,18)13-6-3-7-20-13/h2-8,14H,9H2,1H3,(H,15,16). The number of methoxy groups -OCH3 is 1. The SMILES string of the molecule is COc1cccc(NC(=O)CNS(=O)(=O)c2cccs2)c1. The number of hydrogen-bond donors (Lipinski definition) is 2. The summed E-state index contributed by atoms with van der Waals surface area (Å²) in [7, 11) is -2.11. The van der Waals surface area contributed by atoms with Crippen molar-refractivity contribution in [1.29, 1.82) is 0 Å². The monoisotopic (exact) mass is 326 g/mol. The van der Waals surface area contributed by atoms with Crippen molar-refractivity contribution in [3.8, 4) is 5.75 Å². The minimum atomic E-state index is -3.63. The van der Waals surface area contributed by atoms with E-state index in [1.54, 1.807) is 35.7 Å². The molecule has 0 bridgehead atoms. The largest absolute Gasteiger partial charge is 0.497 e. The number of benzene rings is 1. The molecule has 0 saturated heterocycles. The molecule has 2 rings (SSSR count). The Hall–Kier alpha value is -1.90. The number of ether oxygens (including phenoxy) is 1. The number of carbonyl (C=O) groups excluding carboxylic acids is 1. The van der Waals surface area contributed by atoms with Crippen LogP contribution in [0, 0.1) is 0 Å². The van der Waals surface area contributed by atoms with Gasteiger partial charge in [-0.05, 0) is 23.6 Å². The van der Waals surface area contributed by atoms with Crippen LogP contribution in [0.15, 0.2) is 46.0 Å². The zero-order valence-electron chi connectivity index (χ0n) is 11.2. The summed E-state index contributed by atoms with van der Waals surface area (Å²) in [6.07, 6.45) is 0. The molecule has 0 atom stereocenters. The van der Waals surface area contributed by atoms with Crippen LogP contribution in [0.25, 0.3) is 0 Å². The molecule has 0 unspecified atom stereocenters. The van der Waals surface area contributed by atoms with Gasteiger partial charge in [-0.3, -0.25) is 4.79 Å². The molecule has 1 aromatic carbocycles. The number of amides is 1. The second kappa shape index (κ2) is 6.70. The maximum Gasteiger partial charge on any atom is 0.250 e. The van der Waals surface area contributed by atoms with E-state index >= 15 is 0 Å². The molecule has 21 heavy (non-hydrogen) atoms. The van der Waals surface area contributed by atoms with E-state index in [1.165, 1.54) is 13.2 Å². The Morgan fingerprint density at radius 3 is 2.76 bits per heavy atom. The Labute approximate surface area is 126 Å². The van der Waals surface area contributed by atoms with E-state index in [2.05, 4.69) is 10.0 Å². The molecule has 0 aliphatic heterocycles. The second-order valence-electron chi connectivity index (χ2n) is 4.04. The van der Waals surface area contributed by atoms with Crippen LogP contribution in [0.5, 0.6) is 5.75 Å². The molecule has 0 fully saturated rings. The molecule has 0 radical (unpaired) electrons. The fraction of sp³-hybridized carbons (Fsp3) is 0.154. The van der Waals surface area contributed by atoms with Gasteiger partial charge in [0.1, 0.15) is 9.96 Å². The van der Waals surface area contributed by atoms with Crippen LogP contribution in [0.4, 0.5) is 5.69 Å². The van der Waals surface area contributed by atoms with Crippen molar-refractivity contribution in [2.45, 2.75) is 4.21 Å². The van der Waals surface area contributed by atoms with E-state index in [0.717, 1.165) is 11.3 Å². The van der Waals surface area contributed by atoms with Crippen molar-refractivity contribution in [3.63, 3.8) is 0 Å². The average molecular weight is 326 g/mol. The number of thiophene rings is 1. The van der Waals surface area contributed by atoms with Gasteiger partial charge in [0.25, 0.3) is 10.0 Å². The third-order valence-electron chi connectivity index (χ3n) is 2.54. The molecule has 1 heterocycles. The van der Waals surface area contributed by atoms with E-state index in [9.17, 15) is 13.2 Å². The Kier molecular flexibility index (Phi) is 4.94. The van der Waals surface area contributed by atoms with Crippen LogP contribution in [0.3, 0.4) is 0 Å². The van der Waals surface area contributed by atoms with Crippen molar-refractivity contribution in [2.24, 2.45) is 0 Å². The van der Waals surface area contributed by atoms with Crippen LogP contribution < -0.4 is 14.8 Å². The lowest BCUT2D eigenvalue weighted by Gasteiger charge is -2.08. The van der Waals surface area contributed by atoms with Gasteiger partial charge in [0.05, 0.1) is 13.7 Å². The molecule has 1 aromatic heterocycles. The highest BCUT2D eigenvalue weighted by atomic mass is 32.2. The van der Waals surface area contributed by atoms with Crippen molar-refractivity contribution >= 4 is 33.0 Å². The van der Waals surface area contributed by atoms with Gasteiger partial charge in [-0.25, -0.2) is 13.1 Å². The molecule has 8 heteroatoms. The zero-order chi connectivity index (χ0) is 15.3. The summed E-state index contributed by atoms with van der Waals surface area (Å²) in [6.45, 7) is -0.336. The highest BCUT2D eigenvalue weighted by Crippen LogP contribution is 2.17. The molecule has 1 amide bonds. The zero-order valence-corrected chi connectivity index (χ0v) is 12.8. The number of anilines is 1. The van der Waals surface area contributed by atoms with Gasteiger partial charge < -0.3 is 10.1 Å². The van der Waals surface area contributed by atoms with Gasteiger partial charge in [-0.15, -0.1) is 11.3 Å². The normalized spacial score (nSPS) is 11.1. The van der Waals surface area contributed by atoms with Crippen molar-refractivity contribution in [1.82, 2.24) is 4.72 Å². The third kappa shape index (κ3) is 4.28. The van der Waals surface area contributed by atoms with Crippen LogP contribution in [-0.2, 0) is 14.8 Å². The second-order valence-corrected chi connectivity index (χ2v) is 6.98. The van der Waals surface area contributed by atoms with E-state index in [4.69, 9.17) is 4.74 Å². The first-order valence-corrected chi connectivity index (χ1v) is 8.34. The summed E-state index contributed by atoms with van der Waals surface area (Å²) in [6, 6.07) is 9.92. The quantitative estimate of drug-likeness (QED) is 0.846. The first-order valence-electron chi connectivity index (χ1n) is 5.98. The maximum absolute atomic E-state index is 11.8. The first kappa shape index (κ1) is 15.5. The van der Waals surface area contributed by atoms with Crippen LogP contribution in [0.1, 0.15) is 0 Å². The summed E-state index contributed by atoms with van der Waals surface area (Å²) in [5.74, 6) is 0.148. The van der Waals surface area contributed by atoms with Gasteiger partial charge in [-0.1, -0.05) is 12.1 Å². The highest BCUT2D eigenvalue weighted by molar-refractivity contribution is 7.91. The number of hydrogen-bond acceptors (Lipinski definition) is 5. The lowest BCUT2D eigenvalue weighted by Crippen LogP contribution is -2.32. The molecule has 0 spiro atoms. The Bertz CT molecular complexity index is 712. The number of rotatable bonds is 6. The third-order valence-corrected chi connectivity index (χ3v) is 5.33. The predicted molar refractivity (Wildman–Crippen MR) is 81.1 cm³/mol. The minimum absolute atomic E-state index is 0.177. The van der Waals surface area contributed by atoms with Crippen molar-refractivity contribution in [3.05, 3.63) is 41.8 Å². The van der Waals surface area contributed by atoms with Gasteiger partial charge in [0.2, 0.25) is 5.91 Å². The summed E-state index contributed by atoms with van der Waals surface area (Å²) >= 11 is 1.09. The molecule has 112 valence electrons. The Morgan fingerprint density at radius 2 is 2.10 bits per heavy atom. The molecule has 0 aliphatic rings. The summed E-state index contributed by atoms with van der Waals surface area (Å²) in [4.78, 5) is 11.8. The first-order chi connectivity index (χ1) is 10.0. The Morgan fingerprint density at radius 1 is 1.29 bits per heavy atom. The highest BCUT2D eigenvalue weighted by Gasteiger charge is 2.16. The molecular formula is C13H14N2O4S2. The maximum atomic E-state index is 11.8. The van der Waals surface area contributed by atoms with Crippen LogP contribution in [0.2, 0.25) is 0 Å². The number of carbonyl (C=O) groups is 1. The van der Waals surface area contributed by atoms with E-state index in [0.29, 0.717) is 11.4 Å². The lowest BCUT2D eigenvalue weighted by molar-refractivity contribution is -0.115. The van der Waals surface area contributed by atoms with Gasteiger partial charge >= 0.3 is 0 Å². The fourth-order valence-electron chi connectivity index (χ4n) is 1.55. The van der Waals surface area contributed by atoms with Crippen molar-refractivity contribution < 1.29 is 17.9 Å². The molecule has 2 N–H and O–H groups in total. The number of sulfonamides is 1.